The fourth-order valence-electron chi connectivity index (χ4n) is 5.75. The van der Waals surface area contributed by atoms with E-state index in [-0.39, 0.29) is 42.7 Å². The fourth-order valence-corrected chi connectivity index (χ4v) is 5.75. The molecule has 0 aromatic rings. The molecule has 0 aromatic carbocycles. The van der Waals surface area contributed by atoms with Gasteiger partial charge in [0.2, 0.25) is 0 Å². The van der Waals surface area contributed by atoms with Crippen LogP contribution in [0.2, 0.25) is 0 Å². The van der Waals surface area contributed by atoms with Gasteiger partial charge in [0.25, 0.3) is 0 Å². The molecular formula is C52H82NO7+. The summed E-state index contributed by atoms with van der Waals surface area (Å²) in [6.45, 7) is 4.38. The number of carbonyl (C=O) groups is 3. The largest absolute Gasteiger partial charge is 0.477 e. The van der Waals surface area contributed by atoms with Gasteiger partial charge in [-0.05, 0) is 83.5 Å². The van der Waals surface area contributed by atoms with Crippen molar-refractivity contribution < 1.29 is 38.2 Å². The molecule has 0 saturated carbocycles. The Morgan fingerprint density at radius 3 is 1.53 bits per heavy atom. The number of carboxylic acid groups (broad SMARTS) is 1. The second kappa shape index (κ2) is 41.5. The zero-order chi connectivity index (χ0) is 44.2. The van der Waals surface area contributed by atoms with Crippen molar-refractivity contribution in [2.75, 3.05) is 41.0 Å². The number of aliphatic carboxylic acids is 1. The van der Waals surface area contributed by atoms with E-state index in [0.717, 1.165) is 96.3 Å². The summed E-state index contributed by atoms with van der Waals surface area (Å²) in [4.78, 5) is 37.0. The monoisotopic (exact) mass is 833 g/mol. The summed E-state index contributed by atoms with van der Waals surface area (Å²) in [6, 6.07) is -0.635. The fraction of sp³-hybridized carbons (Fsp3) is 0.558. The third-order valence-corrected chi connectivity index (χ3v) is 9.20. The minimum absolute atomic E-state index is 0.0261. The van der Waals surface area contributed by atoms with Crippen LogP contribution in [0.3, 0.4) is 0 Å². The van der Waals surface area contributed by atoms with Gasteiger partial charge in [0.05, 0.1) is 34.4 Å². The minimum atomic E-state index is -0.892. The highest BCUT2D eigenvalue weighted by molar-refractivity contribution is 5.72. The number of hydrogen-bond donors (Lipinski definition) is 1. The van der Waals surface area contributed by atoms with Crippen molar-refractivity contribution in [3.8, 4) is 0 Å². The van der Waals surface area contributed by atoms with Crippen LogP contribution in [0.4, 0.5) is 0 Å². The molecule has 0 amide bonds. The van der Waals surface area contributed by atoms with Crippen LogP contribution in [0.1, 0.15) is 136 Å². The Labute approximate surface area is 365 Å². The highest BCUT2D eigenvalue weighted by Gasteiger charge is 2.31. The number of ether oxygens (including phenoxy) is 3. The Kier molecular flexibility index (Phi) is 38.5. The van der Waals surface area contributed by atoms with Gasteiger partial charge in [0.15, 0.2) is 12.1 Å². The van der Waals surface area contributed by atoms with Crippen molar-refractivity contribution in [1.82, 2.24) is 0 Å². The Hall–Kier alpha value is -4.27. The molecule has 0 spiro atoms. The van der Waals surface area contributed by atoms with Gasteiger partial charge >= 0.3 is 17.9 Å². The quantitative estimate of drug-likeness (QED) is 0.0217. The lowest BCUT2D eigenvalue weighted by molar-refractivity contribution is -0.887. The van der Waals surface area contributed by atoms with Crippen LogP contribution in [0.25, 0.3) is 0 Å². The third-order valence-electron chi connectivity index (χ3n) is 9.20. The second-order valence-corrected chi connectivity index (χ2v) is 15.6. The van der Waals surface area contributed by atoms with Gasteiger partial charge in [-0.15, -0.1) is 0 Å². The predicted octanol–water partition coefficient (Wildman–Crippen LogP) is 12.6. The number of likely N-dealkylation sites (N-methyl/N-ethyl adjacent to an activating group) is 1. The second-order valence-electron chi connectivity index (χ2n) is 15.6. The first-order valence-corrected chi connectivity index (χ1v) is 22.6. The average molecular weight is 833 g/mol. The Balaban J connectivity index is 4.49. The molecule has 0 aromatic heterocycles. The molecule has 8 nitrogen and oxygen atoms in total. The van der Waals surface area contributed by atoms with Gasteiger partial charge in [-0.1, -0.05) is 155 Å². The smallest absolute Gasteiger partial charge is 0.362 e. The van der Waals surface area contributed by atoms with Crippen molar-refractivity contribution in [1.29, 1.82) is 0 Å². The molecule has 0 heterocycles. The lowest BCUT2D eigenvalue weighted by atomic mass is 10.1. The van der Waals surface area contributed by atoms with Crippen LogP contribution in [0, 0.1) is 0 Å². The van der Waals surface area contributed by atoms with Crippen molar-refractivity contribution in [2.45, 2.75) is 148 Å². The topological polar surface area (TPSA) is 99.1 Å². The summed E-state index contributed by atoms with van der Waals surface area (Å²) in [5.74, 6) is -1.58. The van der Waals surface area contributed by atoms with Gasteiger partial charge in [0, 0.05) is 19.3 Å². The first-order chi connectivity index (χ1) is 29.1. The summed E-state index contributed by atoms with van der Waals surface area (Å²) in [5, 5.41) is 9.63. The number of nitrogens with zero attached hydrogens (tertiary/aromatic N) is 1. The van der Waals surface area contributed by atoms with Gasteiger partial charge in [-0.2, -0.15) is 0 Å². The van der Waals surface area contributed by atoms with E-state index in [1.54, 1.807) is 0 Å². The molecule has 0 radical (unpaired) electrons. The molecule has 0 fully saturated rings. The molecule has 1 N–H and O–H groups in total. The van der Waals surface area contributed by atoms with Crippen LogP contribution in [-0.2, 0) is 28.6 Å². The van der Waals surface area contributed by atoms with E-state index in [2.05, 4.69) is 105 Å². The van der Waals surface area contributed by atoms with Crippen molar-refractivity contribution in [3.63, 3.8) is 0 Å². The van der Waals surface area contributed by atoms with Gasteiger partial charge in [-0.25, -0.2) is 4.79 Å². The maximum absolute atomic E-state index is 12.7. The number of allylic oxidation sites excluding steroid dienone is 20. The lowest BCUT2D eigenvalue weighted by Gasteiger charge is -2.31. The number of carbonyl (C=O) groups excluding carboxylic acids is 2. The summed E-state index contributed by atoms with van der Waals surface area (Å²) in [7, 11) is 5.49. The summed E-state index contributed by atoms with van der Waals surface area (Å²) in [6.07, 6.45) is 58.2. The van der Waals surface area contributed by atoms with E-state index >= 15 is 0 Å². The highest BCUT2D eigenvalue weighted by Crippen LogP contribution is 2.12. The Morgan fingerprint density at radius 2 is 0.967 bits per heavy atom. The van der Waals surface area contributed by atoms with Crippen molar-refractivity contribution >= 4 is 17.9 Å². The van der Waals surface area contributed by atoms with Crippen LogP contribution < -0.4 is 0 Å². The number of hydrogen-bond acceptors (Lipinski definition) is 6. The SMILES string of the molecule is CC/C=C/C=C/C=C/C=C/CCCCCCCC(=O)OCC(COCCC(C(=O)O)[N+](C)(C)C)OC(=O)CCCC/C=C/C/C=C/C/C=C/C/C=C/C/C=C/C/C=C/CC. The molecule has 8 heteroatoms. The molecule has 2 unspecified atom stereocenters. The van der Waals surface area contributed by atoms with Crippen LogP contribution >= 0.6 is 0 Å². The van der Waals surface area contributed by atoms with Gasteiger partial charge in [-0.3, -0.25) is 9.59 Å². The summed E-state index contributed by atoms with van der Waals surface area (Å²) < 4.78 is 17.2. The predicted molar refractivity (Wildman–Crippen MR) is 252 cm³/mol. The Bertz CT molecular complexity index is 1390. The first-order valence-electron chi connectivity index (χ1n) is 22.6. The van der Waals surface area contributed by atoms with Crippen molar-refractivity contribution in [2.24, 2.45) is 0 Å². The number of esters is 2. The number of rotatable bonds is 38. The first kappa shape index (κ1) is 55.7. The maximum Gasteiger partial charge on any atom is 0.362 e. The standard InChI is InChI=1S/C52H81NO7/c1-6-8-10-12-14-16-18-20-22-23-24-25-26-27-29-31-33-35-37-39-41-43-51(55)60-48(46-58-45-44-49(52(56)57)53(3,4)5)47-59-50(54)42-40-38-36-34-32-30-28-21-19-17-15-13-11-9-7-2/h8-11,13-17,19-22,24-25,27-29,33,35,48-49H,6-7,12,18,23,26,30-32,34,36-47H2,1-5H3/p+1/b10-8+,11-9+,15-13+,16-14+,19-17+,22-20+,25-24+,28-21+,29-27+,35-33+. The maximum atomic E-state index is 12.7. The van der Waals surface area contributed by atoms with Crippen LogP contribution in [0.15, 0.2) is 122 Å². The third kappa shape index (κ3) is 39.2. The molecule has 0 aliphatic rings. The highest BCUT2D eigenvalue weighted by atomic mass is 16.6. The van der Waals surface area contributed by atoms with Crippen LogP contribution in [-0.4, -0.2) is 80.6 Å². The van der Waals surface area contributed by atoms with Crippen LogP contribution in [0.5, 0.6) is 0 Å². The molecule has 0 bridgehead atoms. The summed E-state index contributed by atoms with van der Waals surface area (Å²) in [5.41, 5.74) is 0. The number of unbranched alkanes of at least 4 members (excludes halogenated alkanes) is 7. The molecule has 336 valence electrons. The van der Waals surface area contributed by atoms with E-state index in [0.29, 0.717) is 19.3 Å². The molecular weight excluding hydrogens is 751 g/mol. The van der Waals surface area contributed by atoms with E-state index in [9.17, 15) is 19.5 Å². The van der Waals surface area contributed by atoms with E-state index < -0.39 is 18.1 Å². The zero-order valence-electron chi connectivity index (χ0n) is 38.1. The molecule has 0 aliphatic carbocycles. The normalized spacial score (nSPS) is 14.1. The molecule has 0 aliphatic heterocycles. The molecule has 2 atom stereocenters. The zero-order valence-corrected chi connectivity index (χ0v) is 38.1. The van der Waals surface area contributed by atoms with Crippen molar-refractivity contribution in [3.05, 3.63) is 122 Å². The molecule has 0 saturated heterocycles. The van der Waals surface area contributed by atoms with E-state index in [4.69, 9.17) is 14.2 Å². The average Bonchev–Trinajstić information content (AvgIpc) is 3.21. The summed E-state index contributed by atoms with van der Waals surface area (Å²) >= 11 is 0. The number of carboxylic acids is 1. The Morgan fingerprint density at radius 1 is 0.517 bits per heavy atom. The van der Waals surface area contributed by atoms with E-state index in [1.165, 1.54) is 0 Å². The molecule has 60 heavy (non-hydrogen) atoms. The minimum Gasteiger partial charge on any atom is -0.477 e. The van der Waals surface area contributed by atoms with Gasteiger partial charge < -0.3 is 23.8 Å². The molecule has 0 rings (SSSR count). The number of quaternary nitrogens is 1. The van der Waals surface area contributed by atoms with Gasteiger partial charge in [0.1, 0.15) is 6.61 Å². The van der Waals surface area contributed by atoms with E-state index in [1.807, 2.05) is 51.5 Å². The lowest BCUT2D eigenvalue weighted by Crippen LogP contribution is -2.50.